The minimum absolute atomic E-state index is 0.307. The van der Waals surface area contributed by atoms with Gasteiger partial charge in [0.2, 0.25) is 0 Å². The third-order valence-electron chi connectivity index (χ3n) is 3.47. The van der Waals surface area contributed by atoms with Crippen molar-refractivity contribution >= 4 is 45.6 Å². The normalized spacial score (nSPS) is 10.6. The van der Waals surface area contributed by atoms with E-state index in [-0.39, 0.29) is 5.91 Å². The van der Waals surface area contributed by atoms with Crippen molar-refractivity contribution in [2.75, 3.05) is 11.9 Å². The maximum Gasteiger partial charge on any atom is 0.257 e. The van der Waals surface area contributed by atoms with Crippen LogP contribution in [0.15, 0.2) is 47.8 Å². The molecular weight excluding hydrogens is 391 g/mol. The van der Waals surface area contributed by atoms with Crippen LogP contribution in [0.3, 0.4) is 0 Å². The van der Waals surface area contributed by atoms with Gasteiger partial charge in [0.1, 0.15) is 5.75 Å². The Morgan fingerprint density at radius 2 is 1.85 bits per heavy atom. The fourth-order valence-electron chi connectivity index (χ4n) is 2.26. The molecular formula is C19H16Cl2N2O2S. The second-order valence-electron chi connectivity index (χ2n) is 5.52. The van der Waals surface area contributed by atoms with Crippen LogP contribution in [-0.2, 0) is 0 Å². The van der Waals surface area contributed by atoms with Crippen LogP contribution in [0, 0.1) is 0 Å². The summed E-state index contributed by atoms with van der Waals surface area (Å²) in [6, 6.07) is 12.4. The van der Waals surface area contributed by atoms with Gasteiger partial charge >= 0.3 is 0 Å². The monoisotopic (exact) mass is 406 g/mol. The van der Waals surface area contributed by atoms with Crippen molar-refractivity contribution in [3.8, 4) is 17.0 Å². The van der Waals surface area contributed by atoms with Crippen LogP contribution >= 0.6 is 34.5 Å². The number of halogens is 2. The molecule has 0 unspecified atom stereocenters. The van der Waals surface area contributed by atoms with Crippen LogP contribution < -0.4 is 10.1 Å². The Labute approximate surface area is 165 Å². The number of amides is 1. The van der Waals surface area contributed by atoms with Gasteiger partial charge < -0.3 is 4.74 Å². The third-order valence-corrected chi connectivity index (χ3v) is 4.67. The maximum atomic E-state index is 12.3. The van der Waals surface area contributed by atoms with E-state index in [1.807, 2.05) is 29.6 Å². The first-order valence-corrected chi connectivity index (χ1v) is 9.65. The molecule has 26 heavy (non-hydrogen) atoms. The second-order valence-corrected chi connectivity index (χ2v) is 7.25. The highest BCUT2D eigenvalue weighted by atomic mass is 35.5. The summed E-state index contributed by atoms with van der Waals surface area (Å²) in [4.78, 5) is 16.8. The van der Waals surface area contributed by atoms with Gasteiger partial charge in [0, 0.05) is 26.6 Å². The Balaban J connectivity index is 1.70. The number of aromatic nitrogens is 1. The van der Waals surface area contributed by atoms with Crippen molar-refractivity contribution in [1.82, 2.24) is 4.98 Å². The summed E-state index contributed by atoms with van der Waals surface area (Å²) in [5.74, 6) is 0.524. The predicted octanol–water partition coefficient (Wildman–Crippen LogP) is 6.16. The molecule has 4 nitrogen and oxygen atoms in total. The first-order valence-electron chi connectivity index (χ1n) is 8.01. The van der Waals surface area contributed by atoms with Crippen LogP contribution in [0.2, 0.25) is 10.0 Å². The molecule has 1 N–H and O–H groups in total. The summed E-state index contributed by atoms with van der Waals surface area (Å²) in [6.07, 6.45) is 0.967. The van der Waals surface area contributed by atoms with Crippen molar-refractivity contribution in [3.63, 3.8) is 0 Å². The zero-order chi connectivity index (χ0) is 18.5. The Kier molecular flexibility index (Phi) is 6.14. The van der Waals surface area contributed by atoms with Gasteiger partial charge in [0.15, 0.2) is 5.13 Å². The number of ether oxygens (including phenoxy) is 1. The Bertz CT molecular complexity index is 890. The van der Waals surface area contributed by atoms with E-state index in [4.69, 9.17) is 27.9 Å². The smallest absolute Gasteiger partial charge is 0.257 e. The standard InChI is InChI=1S/C19H16Cl2N2O2S/c1-2-7-25-16-5-3-12(4-6-16)17-11-26-19(22-17)23-18(24)13-8-14(20)10-15(21)9-13/h3-6,8-11H,2,7H2,1H3,(H,22,23,24). The molecule has 0 radical (unpaired) electrons. The number of carbonyl (C=O) groups excluding carboxylic acids is 1. The molecule has 0 atom stereocenters. The SMILES string of the molecule is CCCOc1ccc(-c2csc(NC(=O)c3cc(Cl)cc(Cl)c3)n2)cc1. The highest BCUT2D eigenvalue weighted by molar-refractivity contribution is 7.14. The number of nitrogens with zero attached hydrogens (tertiary/aromatic N) is 1. The fourth-order valence-corrected chi connectivity index (χ4v) is 3.50. The summed E-state index contributed by atoms with van der Waals surface area (Å²) in [7, 11) is 0. The molecule has 2 aromatic carbocycles. The zero-order valence-corrected chi connectivity index (χ0v) is 16.3. The highest BCUT2D eigenvalue weighted by Crippen LogP contribution is 2.27. The van der Waals surface area contributed by atoms with E-state index in [0.29, 0.717) is 27.3 Å². The highest BCUT2D eigenvalue weighted by Gasteiger charge is 2.11. The number of thiazole rings is 1. The molecule has 0 saturated heterocycles. The van der Waals surface area contributed by atoms with Crippen LogP contribution in [0.1, 0.15) is 23.7 Å². The number of rotatable bonds is 6. The summed E-state index contributed by atoms with van der Waals surface area (Å²) < 4.78 is 5.58. The lowest BCUT2D eigenvalue weighted by Crippen LogP contribution is -2.11. The van der Waals surface area contributed by atoms with Gasteiger partial charge in [0.25, 0.3) is 5.91 Å². The van der Waals surface area contributed by atoms with E-state index < -0.39 is 0 Å². The maximum absolute atomic E-state index is 12.3. The van der Waals surface area contributed by atoms with E-state index in [9.17, 15) is 4.79 Å². The van der Waals surface area contributed by atoms with E-state index in [1.165, 1.54) is 11.3 Å². The number of anilines is 1. The van der Waals surface area contributed by atoms with E-state index in [2.05, 4.69) is 17.2 Å². The first kappa shape index (κ1) is 18.7. The van der Waals surface area contributed by atoms with Crippen molar-refractivity contribution in [2.45, 2.75) is 13.3 Å². The molecule has 1 aromatic heterocycles. The van der Waals surface area contributed by atoms with Gasteiger partial charge in [-0.2, -0.15) is 0 Å². The van der Waals surface area contributed by atoms with E-state index in [1.54, 1.807) is 18.2 Å². The quantitative estimate of drug-likeness (QED) is 0.533. The Morgan fingerprint density at radius 3 is 2.50 bits per heavy atom. The number of carbonyl (C=O) groups is 1. The molecule has 0 bridgehead atoms. The lowest BCUT2D eigenvalue weighted by Gasteiger charge is -2.05. The minimum atomic E-state index is -0.307. The molecule has 0 fully saturated rings. The number of nitrogens with one attached hydrogen (secondary N) is 1. The molecule has 7 heteroatoms. The second kappa shape index (κ2) is 8.54. The van der Waals surface area contributed by atoms with Crippen molar-refractivity contribution in [1.29, 1.82) is 0 Å². The van der Waals surface area contributed by atoms with Gasteiger partial charge in [-0.05, 0) is 48.9 Å². The summed E-state index contributed by atoms with van der Waals surface area (Å²) in [5.41, 5.74) is 2.13. The summed E-state index contributed by atoms with van der Waals surface area (Å²) in [5, 5.41) is 5.99. The topological polar surface area (TPSA) is 51.2 Å². The first-order chi connectivity index (χ1) is 12.5. The lowest BCUT2D eigenvalue weighted by atomic mass is 10.2. The average molecular weight is 407 g/mol. The fraction of sp³-hybridized carbons (Fsp3) is 0.158. The van der Waals surface area contributed by atoms with Crippen molar-refractivity contribution in [2.24, 2.45) is 0 Å². The minimum Gasteiger partial charge on any atom is -0.494 e. The molecule has 0 aliphatic rings. The molecule has 1 amide bonds. The molecule has 134 valence electrons. The van der Waals surface area contributed by atoms with Crippen LogP contribution in [0.25, 0.3) is 11.3 Å². The van der Waals surface area contributed by atoms with Gasteiger partial charge in [0.05, 0.1) is 12.3 Å². The molecule has 3 rings (SSSR count). The molecule has 1 heterocycles. The molecule has 0 spiro atoms. The third kappa shape index (κ3) is 4.75. The Hall–Kier alpha value is -2.08. The molecule has 0 aliphatic heterocycles. The van der Waals surface area contributed by atoms with E-state index >= 15 is 0 Å². The van der Waals surface area contributed by atoms with Crippen LogP contribution in [0.4, 0.5) is 5.13 Å². The predicted molar refractivity (Wildman–Crippen MR) is 108 cm³/mol. The number of benzene rings is 2. The molecule has 3 aromatic rings. The zero-order valence-electron chi connectivity index (χ0n) is 14.0. The molecule has 0 saturated carbocycles. The average Bonchev–Trinajstić information content (AvgIpc) is 3.08. The number of hydrogen-bond acceptors (Lipinski definition) is 4. The summed E-state index contributed by atoms with van der Waals surface area (Å²) >= 11 is 13.2. The molecule has 0 aliphatic carbocycles. The van der Waals surface area contributed by atoms with Gasteiger partial charge in [-0.1, -0.05) is 30.1 Å². The van der Waals surface area contributed by atoms with Gasteiger partial charge in [-0.25, -0.2) is 4.98 Å². The van der Waals surface area contributed by atoms with Crippen molar-refractivity contribution < 1.29 is 9.53 Å². The van der Waals surface area contributed by atoms with Gasteiger partial charge in [-0.3, -0.25) is 10.1 Å². The van der Waals surface area contributed by atoms with Crippen molar-refractivity contribution in [3.05, 3.63) is 63.5 Å². The summed E-state index contributed by atoms with van der Waals surface area (Å²) in [6.45, 7) is 2.76. The number of hydrogen-bond donors (Lipinski definition) is 1. The van der Waals surface area contributed by atoms with Gasteiger partial charge in [-0.15, -0.1) is 11.3 Å². The lowest BCUT2D eigenvalue weighted by molar-refractivity contribution is 0.102. The largest absolute Gasteiger partial charge is 0.494 e. The van der Waals surface area contributed by atoms with Crippen LogP contribution in [0.5, 0.6) is 5.75 Å². The van der Waals surface area contributed by atoms with Crippen LogP contribution in [-0.4, -0.2) is 17.5 Å². The van der Waals surface area contributed by atoms with E-state index in [0.717, 1.165) is 23.4 Å². The Morgan fingerprint density at radius 1 is 1.15 bits per heavy atom.